The number of benzene rings is 1. The monoisotopic (exact) mass is 532 g/mol. The third kappa shape index (κ3) is 9.79. The molecule has 0 radical (unpaired) electrons. The van der Waals surface area contributed by atoms with Crippen LogP contribution >= 0.6 is 15.9 Å². The number of alkyl halides is 1. The molecule has 1 atom stereocenters. The van der Waals surface area contributed by atoms with E-state index in [0.29, 0.717) is 12.0 Å². The Balaban J connectivity index is 2.38. The van der Waals surface area contributed by atoms with Gasteiger partial charge in [-0.3, -0.25) is 0 Å². The van der Waals surface area contributed by atoms with E-state index in [1.807, 2.05) is 26.0 Å². The molecule has 0 saturated heterocycles. The Hall–Kier alpha value is -1.85. The first-order valence-electron chi connectivity index (χ1n) is 12.2. The molecule has 5 heteroatoms. The van der Waals surface area contributed by atoms with Gasteiger partial charge >= 0.3 is 5.97 Å². The average Bonchev–Trinajstić information content (AvgIpc) is 2.77. The summed E-state index contributed by atoms with van der Waals surface area (Å²) < 4.78 is 16.5. The van der Waals surface area contributed by atoms with E-state index in [1.54, 1.807) is 13.2 Å². The molecule has 2 rings (SSSR count). The molecule has 4 nitrogen and oxygen atoms in total. The summed E-state index contributed by atoms with van der Waals surface area (Å²) in [5.41, 5.74) is 5.58. The highest BCUT2D eigenvalue weighted by Gasteiger charge is 2.30. The molecule has 0 N–H and O–H groups in total. The zero-order chi connectivity index (χ0) is 25.1. The largest absolute Gasteiger partial charge is 0.467 e. The molecule has 0 unspecified atom stereocenters. The van der Waals surface area contributed by atoms with Gasteiger partial charge in [0.05, 0.1) is 9.89 Å². The number of esters is 1. The molecule has 0 spiro atoms. The topological polar surface area (TPSA) is 44.8 Å². The summed E-state index contributed by atoms with van der Waals surface area (Å²) >= 11 is 3.73. The van der Waals surface area contributed by atoms with Gasteiger partial charge in [-0.2, -0.15) is 0 Å². The summed E-state index contributed by atoms with van der Waals surface area (Å²) in [5, 5.41) is 0. The highest BCUT2D eigenvalue weighted by molar-refractivity contribution is 9.10. The van der Waals surface area contributed by atoms with Crippen molar-refractivity contribution in [3.63, 3.8) is 0 Å². The summed E-state index contributed by atoms with van der Waals surface area (Å²) in [6.07, 6.45) is 13.2. The van der Waals surface area contributed by atoms with Gasteiger partial charge in [0.1, 0.15) is 11.9 Å². The van der Waals surface area contributed by atoms with E-state index in [0.717, 1.165) is 49.8 Å². The van der Waals surface area contributed by atoms with Gasteiger partial charge in [0.15, 0.2) is 6.79 Å². The molecule has 0 fully saturated rings. The van der Waals surface area contributed by atoms with Gasteiger partial charge in [-0.25, -0.2) is 4.79 Å². The predicted molar refractivity (Wildman–Crippen MR) is 144 cm³/mol. The molecular weight excluding hydrogens is 492 g/mol. The van der Waals surface area contributed by atoms with Crippen LogP contribution in [0.1, 0.15) is 89.1 Å². The number of cyclic esters (lactones) is 1. The van der Waals surface area contributed by atoms with Crippen LogP contribution in [0.5, 0.6) is 5.75 Å². The van der Waals surface area contributed by atoms with Crippen LogP contribution in [0.25, 0.3) is 0 Å². The third-order valence-corrected chi connectivity index (χ3v) is 6.69. The maximum Gasteiger partial charge on any atom is 0.338 e. The first-order chi connectivity index (χ1) is 16.1. The number of ether oxygens (including phenoxy) is 3. The van der Waals surface area contributed by atoms with Crippen LogP contribution in [0, 0.1) is 0 Å². The minimum atomic E-state index is -0.328. The van der Waals surface area contributed by atoms with Crippen LogP contribution < -0.4 is 4.74 Å². The highest BCUT2D eigenvalue weighted by Crippen LogP contribution is 2.30. The Kier molecular flexibility index (Phi) is 11.6. The molecule has 1 heterocycles. The Labute approximate surface area is 214 Å². The van der Waals surface area contributed by atoms with Crippen molar-refractivity contribution in [3.05, 3.63) is 64.3 Å². The van der Waals surface area contributed by atoms with Crippen molar-refractivity contribution < 1.29 is 19.0 Å². The number of fused-ring (bicyclic) bond motifs is 2. The fraction of sp³-hybridized carbons (Fsp3) is 0.552. The Morgan fingerprint density at radius 1 is 1.00 bits per heavy atom. The van der Waals surface area contributed by atoms with Crippen LogP contribution in [0.4, 0.5) is 0 Å². The van der Waals surface area contributed by atoms with Crippen molar-refractivity contribution >= 4 is 21.9 Å². The number of methoxy groups -OCH3 is 1. The highest BCUT2D eigenvalue weighted by atomic mass is 79.9. The van der Waals surface area contributed by atoms with E-state index in [2.05, 4.69) is 54.9 Å². The fourth-order valence-corrected chi connectivity index (χ4v) is 4.23. The number of allylic oxidation sites excluding steroid dienone is 6. The fourth-order valence-electron chi connectivity index (χ4n) is 3.91. The maximum atomic E-state index is 13.1. The van der Waals surface area contributed by atoms with Gasteiger partial charge in [-0.15, -0.1) is 0 Å². The first kappa shape index (κ1) is 28.4. The van der Waals surface area contributed by atoms with Crippen LogP contribution in [-0.2, 0) is 15.9 Å². The van der Waals surface area contributed by atoms with E-state index in [1.165, 1.54) is 16.7 Å². The summed E-state index contributed by atoms with van der Waals surface area (Å²) in [6, 6.07) is 5.50. The summed E-state index contributed by atoms with van der Waals surface area (Å²) in [5.74, 6) is 0.416. The van der Waals surface area contributed by atoms with Crippen LogP contribution in [0.2, 0.25) is 0 Å². The van der Waals surface area contributed by atoms with Crippen molar-refractivity contribution in [1.29, 1.82) is 0 Å². The Bertz CT molecular complexity index is 905. The molecule has 0 aromatic heterocycles. The Morgan fingerprint density at radius 2 is 1.62 bits per heavy atom. The summed E-state index contributed by atoms with van der Waals surface area (Å²) in [7, 11) is 1.60. The Morgan fingerprint density at radius 3 is 2.24 bits per heavy atom. The van der Waals surface area contributed by atoms with Crippen molar-refractivity contribution in [1.82, 2.24) is 0 Å². The average molecular weight is 534 g/mol. The lowest BCUT2D eigenvalue weighted by Crippen LogP contribution is -2.34. The van der Waals surface area contributed by atoms with Gasteiger partial charge in [0, 0.05) is 7.11 Å². The lowest BCUT2D eigenvalue weighted by atomic mass is 9.98. The molecule has 0 aliphatic carbocycles. The van der Waals surface area contributed by atoms with Gasteiger partial charge in [0.25, 0.3) is 0 Å². The third-order valence-electron chi connectivity index (χ3n) is 6.18. The van der Waals surface area contributed by atoms with Gasteiger partial charge in [-0.1, -0.05) is 50.9 Å². The predicted octanol–water partition coefficient (Wildman–Crippen LogP) is 8.10. The van der Waals surface area contributed by atoms with Crippen LogP contribution in [0.3, 0.4) is 0 Å². The standard InChI is InChI=1S/C29H41BrO4/c1-21-9-7-11-22(2)13-15-24-19-25(16-17-26(24)33-20-32-6)28(31)34-27(29(4,5)30)18-14-23(3)12-8-10-21/h9,12-13,16-17,19,27H,7-8,10-11,14-15,18,20H2,1-6H3/b21-9+,22-13+,23-12+/t27-/m0/s1. The molecule has 1 aliphatic rings. The molecule has 34 heavy (non-hydrogen) atoms. The number of carbonyl (C=O) groups is 1. The second-order valence-electron chi connectivity index (χ2n) is 9.80. The van der Waals surface area contributed by atoms with Crippen molar-refractivity contribution in [2.75, 3.05) is 13.9 Å². The van der Waals surface area contributed by atoms with Gasteiger partial charge < -0.3 is 14.2 Å². The molecule has 0 saturated carbocycles. The lowest BCUT2D eigenvalue weighted by molar-refractivity contribution is 0.0214. The van der Waals surface area contributed by atoms with Crippen molar-refractivity contribution in [3.8, 4) is 5.75 Å². The molecule has 0 amide bonds. The minimum absolute atomic E-state index is 0.163. The molecule has 1 aliphatic heterocycles. The van der Waals surface area contributed by atoms with E-state index >= 15 is 0 Å². The van der Waals surface area contributed by atoms with E-state index in [-0.39, 0.29) is 23.2 Å². The number of hydrogen-bond donors (Lipinski definition) is 0. The number of hydrogen-bond acceptors (Lipinski definition) is 4. The minimum Gasteiger partial charge on any atom is -0.467 e. The first-order valence-corrected chi connectivity index (χ1v) is 13.0. The number of carbonyl (C=O) groups excluding carboxylic acids is 1. The molecule has 1 aromatic carbocycles. The zero-order valence-corrected chi connectivity index (χ0v) is 23.3. The second kappa shape index (κ2) is 13.9. The van der Waals surface area contributed by atoms with Gasteiger partial charge in [-0.05, 0) is 103 Å². The zero-order valence-electron chi connectivity index (χ0n) is 21.7. The molecule has 2 bridgehead atoms. The lowest BCUT2D eigenvalue weighted by Gasteiger charge is -2.29. The van der Waals surface area contributed by atoms with Crippen molar-refractivity contribution in [2.24, 2.45) is 0 Å². The SMILES string of the molecule is COCOc1ccc2cc1C/C=C(\C)CC/C=C(\C)CC/C=C(\C)CC[C@@H](C(C)(C)Br)OC2=O. The van der Waals surface area contributed by atoms with Gasteiger partial charge in [0.2, 0.25) is 0 Å². The van der Waals surface area contributed by atoms with E-state index in [4.69, 9.17) is 14.2 Å². The number of halogens is 1. The number of rotatable bonds is 4. The van der Waals surface area contributed by atoms with Crippen LogP contribution in [0.15, 0.2) is 53.1 Å². The molecule has 188 valence electrons. The van der Waals surface area contributed by atoms with E-state index in [9.17, 15) is 4.79 Å². The quantitative estimate of drug-likeness (QED) is 0.170. The summed E-state index contributed by atoms with van der Waals surface area (Å²) in [6.45, 7) is 10.8. The van der Waals surface area contributed by atoms with Crippen LogP contribution in [-0.4, -0.2) is 30.3 Å². The molecule has 1 aromatic rings. The smallest absolute Gasteiger partial charge is 0.338 e. The van der Waals surface area contributed by atoms with E-state index < -0.39 is 0 Å². The summed E-state index contributed by atoms with van der Waals surface area (Å²) in [4.78, 5) is 13.1. The molecular formula is C29H41BrO4. The van der Waals surface area contributed by atoms with Crippen molar-refractivity contribution in [2.45, 2.75) is 90.0 Å². The normalized spacial score (nSPS) is 24.1. The second-order valence-corrected chi connectivity index (χ2v) is 11.8. The maximum absolute atomic E-state index is 13.1.